The number of carbonyl (C=O) groups is 2. The maximum atomic E-state index is 13.0. The number of nitrogens with one attached hydrogen (secondary N) is 1. The second kappa shape index (κ2) is 6.06. The molecule has 1 amide bonds. The molecule has 0 saturated heterocycles. The number of anilines is 1. The highest BCUT2D eigenvalue weighted by Crippen LogP contribution is 2.64. The Kier molecular flexibility index (Phi) is 4.39. The van der Waals surface area contributed by atoms with Crippen molar-refractivity contribution >= 4 is 27.4 Å². The monoisotopic (exact) mass is 380 g/mol. The number of carbonyl (C=O) groups excluding carboxylic acids is 2. The Morgan fingerprint density at radius 3 is 2.38 bits per heavy atom. The number of hydrogen-bond acceptors (Lipinski definition) is 5. The van der Waals surface area contributed by atoms with Gasteiger partial charge in [0.1, 0.15) is 5.78 Å². The van der Waals surface area contributed by atoms with Crippen LogP contribution in [0.5, 0.6) is 0 Å². The Bertz CT molecular complexity index is 847. The fourth-order valence-electron chi connectivity index (χ4n) is 4.56. The van der Waals surface area contributed by atoms with Crippen molar-refractivity contribution in [3.05, 3.63) is 29.8 Å². The standard InChI is InChI=1S/C18H24N2O5S/c1-17(2)13-8-9-18(17,15(21)10-13)11-26(24,25)20(3)14-6-4-12(5-7-14)16(22)19-23/h4-7,13,23H,8-11H2,1-3H3,(H,19,22). The molecular formula is C18H24N2O5S. The van der Waals surface area contributed by atoms with Gasteiger partial charge in [-0.1, -0.05) is 13.8 Å². The van der Waals surface area contributed by atoms with E-state index < -0.39 is 21.3 Å². The highest BCUT2D eigenvalue weighted by atomic mass is 32.2. The molecule has 2 unspecified atom stereocenters. The van der Waals surface area contributed by atoms with E-state index in [9.17, 15) is 18.0 Å². The molecule has 1 aromatic rings. The van der Waals surface area contributed by atoms with E-state index in [2.05, 4.69) is 0 Å². The molecule has 1 aromatic carbocycles. The fraction of sp³-hybridized carbons (Fsp3) is 0.556. The van der Waals surface area contributed by atoms with E-state index in [1.807, 2.05) is 13.8 Å². The molecule has 2 saturated carbocycles. The van der Waals surface area contributed by atoms with Crippen LogP contribution in [0, 0.1) is 16.7 Å². The third-order valence-electron chi connectivity index (χ3n) is 6.58. The van der Waals surface area contributed by atoms with Crippen molar-refractivity contribution < 1.29 is 23.2 Å². The van der Waals surface area contributed by atoms with Crippen LogP contribution in [0.15, 0.2) is 24.3 Å². The van der Waals surface area contributed by atoms with Gasteiger partial charge in [0.15, 0.2) is 0 Å². The molecule has 8 heteroatoms. The van der Waals surface area contributed by atoms with Crippen LogP contribution in [-0.4, -0.2) is 38.1 Å². The first kappa shape index (κ1) is 18.8. The number of ketones is 1. The zero-order valence-corrected chi connectivity index (χ0v) is 16.0. The zero-order valence-electron chi connectivity index (χ0n) is 15.2. The largest absolute Gasteiger partial charge is 0.299 e. The first-order valence-electron chi connectivity index (χ1n) is 8.59. The first-order valence-corrected chi connectivity index (χ1v) is 10.2. The van der Waals surface area contributed by atoms with E-state index in [0.29, 0.717) is 18.5 Å². The lowest BCUT2D eigenvalue weighted by atomic mass is 9.70. The minimum absolute atomic E-state index is 0.0608. The van der Waals surface area contributed by atoms with Crippen molar-refractivity contribution in [1.29, 1.82) is 0 Å². The normalized spacial score (nSPS) is 26.8. The van der Waals surface area contributed by atoms with Gasteiger partial charge in [-0.15, -0.1) is 0 Å². The van der Waals surface area contributed by atoms with Crippen LogP contribution in [0.25, 0.3) is 0 Å². The fourth-order valence-corrected chi connectivity index (χ4v) is 6.50. The van der Waals surface area contributed by atoms with Crippen molar-refractivity contribution in [2.24, 2.45) is 16.7 Å². The summed E-state index contributed by atoms with van der Waals surface area (Å²) in [5, 5.41) is 8.65. The number of benzene rings is 1. The summed E-state index contributed by atoms with van der Waals surface area (Å²) in [7, 11) is -2.27. The van der Waals surface area contributed by atoms with Crippen LogP contribution < -0.4 is 9.79 Å². The molecule has 0 heterocycles. The number of hydrogen-bond donors (Lipinski definition) is 2. The number of hydroxylamine groups is 1. The summed E-state index contributed by atoms with van der Waals surface area (Å²) < 4.78 is 27.2. The van der Waals surface area contributed by atoms with Gasteiger partial charge in [0.05, 0.1) is 16.9 Å². The Morgan fingerprint density at radius 2 is 1.92 bits per heavy atom. The molecule has 2 atom stereocenters. The molecule has 0 spiro atoms. The average Bonchev–Trinajstić information content (AvgIpc) is 2.94. The number of nitrogens with zero attached hydrogens (tertiary/aromatic N) is 1. The zero-order chi connectivity index (χ0) is 19.3. The molecule has 2 bridgehead atoms. The molecule has 2 aliphatic carbocycles. The molecule has 26 heavy (non-hydrogen) atoms. The highest BCUT2D eigenvalue weighted by molar-refractivity contribution is 7.92. The molecular weight excluding hydrogens is 356 g/mol. The van der Waals surface area contributed by atoms with Gasteiger partial charge in [-0.2, -0.15) is 0 Å². The van der Waals surface area contributed by atoms with Crippen LogP contribution in [0.2, 0.25) is 0 Å². The minimum Gasteiger partial charge on any atom is -0.299 e. The van der Waals surface area contributed by atoms with Gasteiger partial charge in [0, 0.05) is 19.0 Å². The summed E-state index contributed by atoms with van der Waals surface area (Å²) in [6.07, 6.45) is 1.98. The summed E-state index contributed by atoms with van der Waals surface area (Å²) >= 11 is 0. The lowest BCUT2D eigenvalue weighted by Gasteiger charge is -2.37. The second-order valence-corrected chi connectivity index (χ2v) is 9.88. The Balaban J connectivity index is 1.86. The molecule has 0 radical (unpaired) electrons. The topological polar surface area (TPSA) is 104 Å². The van der Waals surface area contributed by atoms with E-state index in [1.54, 1.807) is 0 Å². The summed E-state index contributed by atoms with van der Waals surface area (Å²) in [4.78, 5) is 24.0. The van der Waals surface area contributed by atoms with Crippen molar-refractivity contribution in [2.75, 3.05) is 17.1 Å². The Hall–Kier alpha value is -1.93. The van der Waals surface area contributed by atoms with Crippen molar-refractivity contribution in [3.63, 3.8) is 0 Å². The minimum atomic E-state index is -3.72. The van der Waals surface area contributed by atoms with E-state index in [1.165, 1.54) is 36.8 Å². The van der Waals surface area contributed by atoms with Crippen molar-refractivity contribution in [1.82, 2.24) is 5.48 Å². The van der Waals surface area contributed by atoms with Crippen molar-refractivity contribution in [2.45, 2.75) is 33.1 Å². The van der Waals surface area contributed by atoms with Gasteiger partial charge in [0.25, 0.3) is 5.91 Å². The molecule has 2 N–H and O–H groups in total. The average molecular weight is 380 g/mol. The van der Waals surface area contributed by atoms with Crippen LogP contribution in [-0.2, 0) is 14.8 Å². The molecule has 7 nitrogen and oxygen atoms in total. The number of amides is 1. The number of sulfonamides is 1. The van der Waals surface area contributed by atoms with Crippen LogP contribution >= 0.6 is 0 Å². The lowest BCUT2D eigenvalue weighted by molar-refractivity contribution is -0.128. The number of rotatable bonds is 5. The lowest BCUT2D eigenvalue weighted by Crippen LogP contribution is -2.45. The first-order chi connectivity index (χ1) is 12.0. The van der Waals surface area contributed by atoms with E-state index in [-0.39, 0.29) is 28.4 Å². The quantitative estimate of drug-likeness (QED) is 0.600. The molecule has 142 valence electrons. The number of Topliss-reactive ketones (excluding diaryl/α,β-unsaturated/α-hetero) is 1. The van der Waals surface area contributed by atoms with E-state index >= 15 is 0 Å². The van der Waals surface area contributed by atoms with E-state index in [4.69, 9.17) is 5.21 Å². The molecule has 2 fully saturated rings. The summed E-state index contributed by atoms with van der Waals surface area (Å²) in [5.74, 6) is -0.550. The molecule has 0 aromatic heterocycles. The number of fused-ring (bicyclic) bond motifs is 2. The van der Waals surface area contributed by atoms with Gasteiger partial charge in [0.2, 0.25) is 10.0 Å². The molecule has 3 rings (SSSR count). The predicted octanol–water partition coefficient (Wildman–Crippen LogP) is 1.97. The third kappa shape index (κ3) is 2.63. The van der Waals surface area contributed by atoms with Gasteiger partial charge >= 0.3 is 0 Å². The predicted molar refractivity (Wildman–Crippen MR) is 96.4 cm³/mol. The van der Waals surface area contributed by atoms with Gasteiger partial charge in [-0.25, -0.2) is 13.9 Å². The summed E-state index contributed by atoms with van der Waals surface area (Å²) in [6, 6.07) is 5.86. The Labute approximate surface area is 153 Å². The summed E-state index contributed by atoms with van der Waals surface area (Å²) in [5.41, 5.74) is 1.01. The molecule has 2 aliphatic rings. The van der Waals surface area contributed by atoms with Gasteiger partial charge < -0.3 is 0 Å². The smallest absolute Gasteiger partial charge is 0.274 e. The highest BCUT2D eigenvalue weighted by Gasteiger charge is 2.65. The van der Waals surface area contributed by atoms with Crippen molar-refractivity contribution in [3.8, 4) is 0 Å². The van der Waals surface area contributed by atoms with Gasteiger partial charge in [-0.05, 0) is 48.4 Å². The van der Waals surface area contributed by atoms with Crippen LogP contribution in [0.4, 0.5) is 5.69 Å². The maximum Gasteiger partial charge on any atom is 0.274 e. The Morgan fingerprint density at radius 1 is 1.31 bits per heavy atom. The SMILES string of the molecule is CN(c1ccc(C(=O)NO)cc1)S(=O)(=O)CC12CCC(CC1=O)C2(C)C. The van der Waals surface area contributed by atoms with Crippen LogP contribution in [0.3, 0.4) is 0 Å². The van der Waals surface area contributed by atoms with E-state index in [0.717, 1.165) is 10.7 Å². The van der Waals surface area contributed by atoms with Crippen LogP contribution in [0.1, 0.15) is 43.5 Å². The summed E-state index contributed by atoms with van der Waals surface area (Å²) in [6.45, 7) is 4.01. The third-order valence-corrected chi connectivity index (χ3v) is 8.48. The maximum absolute atomic E-state index is 13.0. The molecule has 0 aliphatic heterocycles. The second-order valence-electron chi connectivity index (χ2n) is 7.88. The van der Waals surface area contributed by atoms with Gasteiger partial charge in [-0.3, -0.25) is 19.1 Å².